The molecule has 1 aromatic heterocycles. The van der Waals surface area contributed by atoms with Gasteiger partial charge in [-0.25, -0.2) is 0 Å². The van der Waals surface area contributed by atoms with Crippen molar-refractivity contribution in [3.63, 3.8) is 0 Å². The van der Waals surface area contributed by atoms with E-state index in [9.17, 15) is 4.79 Å². The van der Waals surface area contributed by atoms with Crippen molar-refractivity contribution in [3.05, 3.63) is 90.3 Å². The molecule has 1 aliphatic heterocycles. The predicted octanol–water partition coefficient (Wildman–Crippen LogP) is 5.63. The number of anilines is 1. The first-order chi connectivity index (χ1) is 17.7. The van der Waals surface area contributed by atoms with E-state index >= 15 is 0 Å². The fourth-order valence-corrected chi connectivity index (χ4v) is 5.51. The first-order valence-electron chi connectivity index (χ1n) is 12.2. The van der Waals surface area contributed by atoms with E-state index in [1.807, 2.05) is 71.3 Å². The SMILES string of the molecule is O=C(CSc1nnc(Cc2ccccc2)n1-c1ccccc1)Nc1ccc2c(c1)OC1(CCCC1)O2. The summed E-state index contributed by atoms with van der Waals surface area (Å²) < 4.78 is 14.2. The van der Waals surface area contributed by atoms with Gasteiger partial charge in [-0.2, -0.15) is 0 Å². The third kappa shape index (κ3) is 4.68. The van der Waals surface area contributed by atoms with Gasteiger partial charge < -0.3 is 14.8 Å². The van der Waals surface area contributed by atoms with E-state index in [0.717, 1.165) is 48.5 Å². The molecule has 182 valence electrons. The second-order valence-corrected chi connectivity index (χ2v) is 9.99. The van der Waals surface area contributed by atoms with Crippen LogP contribution in [0.15, 0.2) is 84.0 Å². The lowest BCUT2D eigenvalue weighted by Gasteiger charge is -2.21. The Labute approximate surface area is 213 Å². The maximum atomic E-state index is 12.8. The molecule has 0 saturated heterocycles. The molecule has 6 rings (SSSR count). The molecule has 1 amide bonds. The molecule has 2 aliphatic rings. The van der Waals surface area contributed by atoms with E-state index in [1.54, 1.807) is 0 Å². The zero-order chi connectivity index (χ0) is 24.4. The van der Waals surface area contributed by atoms with Crippen LogP contribution in [-0.2, 0) is 11.2 Å². The van der Waals surface area contributed by atoms with Crippen LogP contribution < -0.4 is 14.8 Å². The summed E-state index contributed by atoms with van der Waals surface area (Å²) >= 11 is 1.36. The standard InChI is InChI=1S/C28H26N4O3S/c33-26(29-21-13-14-23-24(18-21)35-28(34-23)15-7-8-16-28)19-36-27-31-30-25(17-20-9-3-1-4-10-20)32(27)22-11-5-2-6-12-22/h1-6,9-14,18H,7-8,15-17,19H2,(H,29,33). The van der Waals surface area contributed by atoms with Gasteiger partial charge in [0, 0.05) is 36.7 Å². The Morgan fingerprint density at radius 3 is 2.42 bits per heavy atom. The average Bonchev–Trinajstić information content (AvgIpc) is 3.62. The Hall–Kier alpha value is -3.78. The number of para-hydroxylation sites is 1. The Bertz CT molecular complexity index is 1370. The van der Waals surface area contributed by atoms with Crippen LogP contribution >= 0.6 is 11.8 Å². The number of aromatic nitrogens is 3. The van der Waals surface area contributed by atoms with E-state index in [0.29, 0.717) is 23.0 Å². The molecule has 3 aromatic carbocycles. The summed E-state index contributed by atoms with van der Waals surface area (Å²) in [6.45, 7) is 0. The fourth-order valence-electron chi connectivity index (χ4n) is 4.74. The van der Waals surface area contributed by atoms with Gasteiger partial charge in [-0.1, -0.05) is 60.3 Å². The number of carbonyl (C=O) groups is 1. The fraction of sp³-hybridized carbons (Fsp3) is 0.250. The summed E-state index contributed by atoms with van der Waals surface area (Å²) in [7, 11) is 0. The Morgan fingerprint density at radius 2 is 1.64 bits per heavy atom. The molecule has 1 saturated carbocycles. The highest BCUT2D eigenvalue weighted by Crippen LogP contribution is 2.47. The smallest absolute Gasteiger partial charge is 0.251 e. The number of nitrogens with zero attached hydrogens (tertiary/aromatic N) is 3. The first-order valence-corrected chi connectivity index (χ1v) is 13.1. The molecule has 7 nitrogen and oxygen atoms in total. The van der Waals surface area contributed by atoms with E-state index < -0.39 is 5.79 Å². The van der Waals surface area contributed by atoms with Crippen LogP contribution in [0.4, 0.5) is 5.69 Å². The van der Waals surface area contributed by atoms with E-state index in [2.05, 4.69) is 27.6 Å². The summed E-state index contributed by atoms with van der Waals surface area (Å²) in [5.41, 5.74) is 2.80. The van der Waals surface area contributed by atoms with Crippen LogP contribution in [0.5, 0.6) is 11.5 Å². The second kappa shape index (κ2) is 9.70. The van der Waals surface area contributed by atoms with Crippen molar-refractivity contribution >= 4 is 23.4 Å². The number of benzene rings is 3. The maximum Gasteiger partial charge on any atom is 0.251 e. The normalized spacial score (nSPS) is 15.3. The van der Waals surface area contributed by atoms with Gasteiger partial charge in [0.25, 0.3) is 5.79 Å². The van der Waals surface area contributed by atoms with Crippen LogP contribution in [0.1, 0.15) is 37.1 Å². The Morgan fingerprint density at radius 1 is 0.917 bits per heavy atom. The van der Waals surface area contributed by atoms with Crippen molar-refractivity contribution in [2.45, 2.75) is 43.0 Å². The molecule has 0 unspecified atom stereocenters. The molecular formula is C28H26N4O3S. The van der Waals surface area contributed by atoms with Crippen LogP contribution in [0.3, 0.4) is 0 Å². The topological polar surface area (TPSA) is 78.3 Å². The number of rotatable bonds is 7. The lowest BCUT2D eigenvalue weighted by Crippen LogP contribution is -2.34. The first kappa shape index (κ1) is 22.7. The van der Waals surface area contributed by atoms with Gasteiger partial charge >= 0.3 is 0 Å². The van der Waals surface area contributed by atoms with Crippen molar-refractivity contribution in [2.24, 2.45) is 0 Å². The summed E-state index contributed by atoms with van der Waals surface area (Å²) in [6.07, 6.45) is 4.65. The zero-order valence-corrected chi connectivity index (χ0v) is 20.5. The number of fused-ring (bicyclic) bond motifs is 1. The molecule has 36 heavy (non-hydrogen) atoms. The van der Waals surface area contributed by atoms with Gasteiger partial charge in [-0.05, 0) is 42.7 Å². The van der Waals surface area contributed by atoms with Crippen molar-refractivity contribution < 1.29 is 14.3 Å². The molecular weight excluding hydrogens is 472 g/mol. The molecule has 1 aliphatic carbocycles. The minimum Gasteiger partial charge on any atom is -0.448 e. The van der Waals surface area contributed by atoms with Crippen LogP contribution in [0, 0.1) is 0 Å². The van der Waals surface area contributed by atoms with Gasteiger partial charge in [0.15, 0.2) is 16.7 Å². The van der Waals surface area contributed by atoms with E-state index in [-0.39, 0.29) is 11.7 Å². The number of ether oxygens (including phenoxy) is 2. The third-order valence-electron chi connectivity index (χ3n) is 6.44. The lowest BCUT2D eigenvalue weighted by atomic mass is 10.1. The number of carbonyl (C=O) groups excluding carboxylic acids is 1. The highest BCUT2D eigenvalue weighted by molar-refractivity contribution is 7.99. The summed E-state index contributed by atoms with van der Waals surface area (Å²) in [5.74, 6) is 1.82. The molecule has 0 bridgehead atoms. The second-order valence-electron chi connectivity index (χ2n) is 9.05. The van der Waals surface area contributed by atoms with Crippen molar-refractivity contribution in [2.75, 3.05) is 11.1 Å². The minimum absolute atomic E-state index is 0.123. The lowest BCUT2D eigenvalue weighted by molar-refractivity contribution is -0.113. The van der Waals surface area contributed by atoms with Gasteiger partial charge in [0.1, 0.15) is 5.82 Å². The number of amides is 1. The highest BCUT2D eigenvalue weighted by atomic mass is 32.2. The molecule has 2 heterocycles. The van der Waals surface area contributed by atoms with Gasteiger partial charge in [-0.15, -0.1) is 10.2 Å². The Kier molecular flexibility index (Phi) is 6.11. The monoisotopic (exact) mass is 498 g/mol. The van der Waals surface area contributed by atoms with E-state index in [4.69, 9.17) is 9.47 Å². The molecule has 1 fully saturated rings. The van der Waals surface area contributed by atoms with Crippen molar-refractivity contribution in [1.82, 2.24) is 14.8 Å². The summed E-state index contributed by atoms with van der Waals surface area (Å²) in [4.78, 5) is 12.8. The molecule has 0 radical (unpaired) electrons. The van der Waals surface area contributed by atoms with Crippen LogP contribution in [-0.4, -0.2) is 32.2 Å². The molecule has 0 atom stereocenters. The van der Waals surface area contributed by atoms with Gasteiger partial charge in [0.05, 0.1) is 5.75 Å². The van der Waals surface area contributed by atoms with Crippen molar-refractivity contribution in [3.8, 4) is 17.2 Å². The molecule has 1 N–H and O–H groups in total. The summed E-state index contributed by atoms with van der Waals surface area (Å²) in [6, 6.07) is 25.7. The minimum atomic E-state index is -0.514. The quantitative estimate of drug-likeness (QED) is 0.333. The van der Waals surface area contributed by atoms with Gasteiger partial charge in [-0.3, -0.25) is 9.36 Å². The average molecular weight is 499 g/mol. The summed E-state index contributed by atoms with van der Waals surface area (Å²) in [5, 5.41) is 12.5. The predicted molar refractivity (Wildman–Crippen MR) is 139 cm³/mol. The maximum absolute atomic E-state index is 12.8. The molecule has 4 aromatic rings. The highest BCUT2D eigenvalue weighted by Gasteiger charge is 2.44. The number of hydrogen-bond acceptors (Lipinski definition) is 6. The Balaban J connectivity index is 1.15. The largest absolute Gasteiger partial charge is 0.448 e. The zero-order valence-electron chi connectivity index (χ0n) is 19.7. The van der Waals surface area contributed by atoms with Crippen molar-refractivity contribution in [1.29, 1.82) is 0 Å². The third-order valence-corrected chi connectivity index (χ3v) is 7.37. The van der Waals surface area contributed by atoms with Crippen LogP contribution in [0.25, 0.3) is 5.69 Å². The number of thioether (sulfide) groups is 1. The number of nitrogens with one attached hydrogen (secondary N) is 1. The number of hydrogen-bond donors (Lipinski definition) is 1. The van der Waals surface area contributed by atoms with E-state index in [1.165, 1.54) is 11.8 Å². The van der Waals surface area contributed by atoms with Crippen LogP contribution in [0.2, 0.25) is 0 Å². The molecule has 8 heteroatoms. The van der Waals surface area contributed by atoms with Gasteiger partial charge in [0.2, 0.25) is 5.91 Å². The molecule has 1 spiro atoms.